The third-order valence-electron chi connectivity index (χ3n) is 6.55. The van der Waals surface area contributed by atoms with Crippen LogP contribution in [0.15, 0.2) is 48.0 Å². The Morgan fingerprint density at radius 3 is 2.43 bits per heavy atom. The quantitative estimate of drug-likeness (QED) is 0.237. The molecule has 37 heavy (non-hydrogen) atoms. The van der Waals surface area contributed by atoms with E-state index in [9.17, 15) is 14.7 Å². The molecule has 200 valence electrons. The molecule has 2 aromatic carbocycles. The second kappa shape index (κ2) is 12.8. The summed E-state index contributed by atoms with van der Waals surface area (Å²) in [5.74, 6) is -0.0908. The van der Waals surface area contributed by atoms with Crippen molar-refractivity contribution in [1.29, 1.82) is 0 Å². The molecule has 1 atom stereocenters. The second-order valence-corrected chi connectivity index (χ2v) is 9.59. The number of rotatable bonds is 12. The Morgan fingerprint density at radius 1 is 1.08 bits per heavy atom. The van der Waals surface area contributed by atoms with Crippen molar-refractivity contribution in [2.45, 2.75) is 60.1 Å². The molecule has 0 bridgehead atoms. The van der Waals surface area contributed by atoms with Gasteiger partial charge in [0.1, 0.15) is 17.3 Å². The normalized spacial score (nSPS) is 17.2. The molecule has 0 aromatic heterocycles. The Morgan fingerprint density at radius 2 is 1.81 bits per heavy atom. The maximum atomic E-state index is 13.4. The average molecular weight is 509 g/mol. The first-order valence-corrected chi connectivity index (χ1v) is 13.2. The molecule has 0 radical (unpaired) electrons. The molecule has 7 nitrogen and oxygen atoms in total. The lowest BCUT2D eigenvalue weighted by Crippen LogP contribution is -2.38. The molecule has 3 rings (SSSR count). The zero-order valence-corrected chi connectivity index (χ0v) is 22.9. The summed E-state index contributed by atoms with van der Waals surface area (Å²) in [5.41, 5.74) is 2.13. The standard InChI is InChI=1S/C30H40N2O5/c1-7-17-36-25-14-13-23(18-21(25)6)28(33)26-27(22-11-10-12-24(19-22)37-20(4)5)32(30(35)29(26)34)16-15-31(8-2)9-3/h10-14,18-20,27,33H,7-9,15-17H2,1-6H3/b28-26+. The van der Waals surface area contributed by atoms with Crippen molar-refractivity contribution in [2.24, 2.45) is 0 Å². The van der Waals surface area contributed by atoms with E-state index in [0.717, 1.165) is 36.4 Å². The van der Waals surface area contributed by atoms with E-state index in [-0.39, 0.29) is 17.4 Å². The first-order valence-electron chi connectivity index (χ1n) is 13.2. The van der Waals surface area contributed by atoms with E-state index in [1.807, 2.05) is 52.0 Å². The number of likely N-dealkylation sites (N-methyl/N-ethyl adjacent to an activating group) is 1. The highest BCUT2D eigenvalue weighted by Gasteiger charge is 2.46. The minimum absolute atomic E-state index is 0.0271. The summed E-state index contributed by atoms with van der Waals surface area (Å²) < 4.78 is 11.7. The third kappa shape index (κ3) is 6.52. The molecular weight excluding hydrogens is 468 g/mol. The number of ketones is 1. The smallest absolute Gasteiger partial charge is 0.295 e. The van der Waals surface area contributed by atoms with Crippen LogP contribution in [0.25, 0.3) is 5.76 Å². The Kier molecular flexibility index (Phi) is 9.75. The summed E-state index contributed by atoms with van der Waals surface area (Å²) in [6.45, 7) is 15.2. The summed E-state index contributed by atoms with van der Waals surface area (Å²) in [5, 5.41) is 11.4. The Balaban J connectivity index is 2.10. The number of aliphatic hydroxyl groups is 1. The van der Waals surface area contributed by atoms with E-state index < -0.39 is 17.7 Å². The molecule has 0 spiro atoms. The van der Waals surface area contributed by atoms with Gasteiger partial charge in [0.05, 0.1) is 24.3 Å². The lowest BCUT2D eigenvalue weighted by Gasteiger charge is -2.28. The van der Waals surface area contributed by atoms with Gasteiger partial charge in [0.2, 0.25) is 0 Å². The number of amides is 1. The van der Waals surface area contributed by atoms with Crippen molar-refractivity contribution in [2.75, 3.05) is 32.8 Å². The van der Waals surface area contributed by atoms with Crippen LogP contribution in [-0.4, -0.2) is 65.5 Å². The van der Waals surface area contributed by atoms with E-state index in [0.29, 0.717) is 31.0 Å². The number of benzene rings is 2. The first kappa shape index (κ1) is 28.3. The summed E-state index contributed by atoms with van der Waals surface area (Å²) >= 11 is 0. The van der Waals surface area contributed by atoms with Gasteiger partial charge in [-0.05, 0) is 81.7 Å². The third-order valence-corrected chi connectivity index (χ3v) is 6.55. The lowest BCUT2D eigenvalue weighted by atomic mass is 9.94. The van der Waals surface area contributed by atoms with Crippen LogP contribution in [0.3, 0.4) is 0 Å². The Hall–Kier alpha value is -3.32. The molecular formula is C30H40N2O5. The maximum absolute atomic E-state index is 13.4. The molecule has 1 heterocycles. The molecule has 1 aliphatic rings. The van der Waals surface area contributed by atoms with Gasteiger partial charge in [-0.25, -0.2) is 0 Å². The molecule has 1 aliphatic heterocycles. The minimum atomic E-state index is -0.720. The fraction of sp³-hybridized carbons (Fsp3) is 0.467. The van der Waals surface area contributed by atoms with Crippen LogP contribution in [0.2, 0.25) is 0 Å². The number of Topliss-reactive ketones (excluding diaryl/α,β-unsaturated/α-hetero) is 1. The highest BCUT2D eigenvalue weighted by molar-refractivity contribution is 6.46. The fourth-order valence-corrected chi connectivity index (χ4v) is 4.60. The maximum Gasteiger partial charge on any atom is 0.295 e. The number of ether oxygens (including phenoxy) is 2. The predicted octanol–water partition coefficient (Wildman–Crippen LogP) is 5.33. The summed E-state index contributed by atoms with van der Waals surface area (Å²) in [6, 6.07) is 12.0. The number of nitrogens with zero attached hydrogens (tertiary/aromatic N) is 2. The highest BCUT2D eigenvalue weighted by atomic mass is 16.5. The van der Waals surface area contributed by atoms with Crippen molar-refractivity contribution in [1.82, 2.24) is 9.80 Å². The van der Waals surface area contributed by atoms with Crippen LogP contribution >= 0.6 is 0 Å². The van der Waals surface area contributed by atoms with Gasteiger partial charge in [-0.15, -0.1) is 0 Å². The van der Waals surface area contributed by atoms with Crippen LogP contribution in [0.1, 0.15) is 63.8 Å². The van der Waals surface area contributed by atoms with Gasteiger partial charge in [0, 0.05) is 18.7 Å². The topological polar surface area (TPSA) is 79.3 Å². The van der Waals surface area contributed by atoms with Crippen LogP contribution in [0.4, 0.5) is 0 Å². The number of aliphatic hydroxyl groups excluding tert-OH is 1. The summed E-state index contributed by atoms with van der Waals surface area (Å²) in [6.07, 6.45) is 0.859. The van der Waals surface area contributed by atoms with Crippen LogP contribution in [-0.2, 0) is 9.59 Å². The van der Waals surface area contributed by atoms with Crippen LogP contribution in [0.5, 0.6) is 11.5 Å². The van der Waals surface area contributed by atoms with E-state index in [2.05, 4.69) is 18.7 Å². The van der Waals surface area contributed by atoms with Gasteiger partial charge < -0.3 is 24.4 Å². The second-order valence-electron chi connectivity index (χ2n) is 9.59. The van der Waals surface area contributed by atoms with Crippen molar-refractivity contribution in [3.63, 3.8) is 0 Å². The van der Waals surface area contributed by atoms with Crippen molar-refractivity contribution in [3.8, 4) is 11.5 Å². The fourth-order valence-electron chi connectivity index (χ4n) is 4.60. The lowest BCUT2D eigenvalue weighted by molar-refractivity contribution is -0.140. The SMILES string of the molecule is CCCOc1ccc(/C(O)=C2\C(=O)C(=O)N(CCN(CC)CC)C2c2cccc(OC(C)C)c2)cc1C. The first-order chi connectivity index (χ1) is 17.7. The highest BCUT2D eigenvalue weighted by Crippen LogP contribution is 2.40. The number of hydrogen-bond acceptors (Lipinski definition) is 6. The molecule has 0 aliphatic carbocycles. The van der Waals surface area contributed by atoms with E-state index in [1.165, 1.54) is 0 Å². The van der Waals surface area contributed by atoms with Gasteiger partial charge in [-0.3, -0.25) is 9.59 Å². The zero-order valence-electron chi connectivity index (χ0n) is 22.9. The van der Waals surface area contributed by atoms with E-state index >= 15 is 0 Å². The molecule has 1 amide bonds. The van der Waals surface area contributed by atoms with Gasteiger partial charge in [0.15, 0.2) is 0 Å². The van der Waals surface area contributed by atoms with E-state index in [4.69, 9.17) is 9.47 Å². The average Bonchev–Trinajstić information content (AvgIpc) is 3.13. The number of carbonyl (C=O) groups is 2. The van der Waals surface area contributed by atoms with E-state index in [1.54, 1.807) is 23.1 Å². The van der Waals surface area contributed by atoms with Gasteiger partial charge in [0.25, 0.3) is 11.7 Å². The van der Waals surface area contributed by atoms with Crippen molar-refractivity contribution in [3.05, 3.63) is 64.7 Å². The summed E-state index contributed by atoms with van der Waals surface area (Å²) in [4.78, 5) is 30.4. The Bertz CT molecular complexity index is 1140. The largest absolute Gasteiger partial charge is 0.507 e. The Labute approximate surface area is 220 Å². The number of carbonyl (C=O) groups excluding carboxylic acids is 2. The molecule has 2 aromatic rings. The number of likely N-dealkylation sites (tertiary alicyclic amines) is 1. The number of aryl methyl sites for hydroxylation is 1. The number of hydrogen-bond donors (Lipinski definition) is 1. The predicted molar refractivity (Wildman–Crippen MR) is 146 cm³/mol. The molecule has 1 saturated heterocycles. The monoisotopic (exact) mass is 508 g/mol. The van der Waals surface area contributed by atoms with Crippen molar-refractivity contribution >= 4 is 17.4 Å². The van der Waals surface area contributed by atoms with Crippen LogP contribution < -0.4 is 9.47 Å². The molecule has 0 saturated carbocycles. The van der Waals surface area contributed by atoms with Crippen LogP contribution in [0, 0.1) is 6.92 Å². The molecule has 7 heteroatoms. The molecule has 1 N–H and O–H groups in total. The van der Waals surface area contributed by atoms with Crippen molar-refractivity contribution < 1.29 is 24.2 Å². The summed E-state index contributed by atoms with van der Waals surface area (Å²) in [7, 11) is 0. The zero-order chi connectivity index (χ0) is 27.1. The van der Waals surface area contributed by atoms with Gasteiger partial charge in [-0.2, -0.15) is 0 Å². The molecule has 1 unspecified atom stereocenters. The minimum Gasteiger partial charge on any atom is -0.507 e. The van der Waals surface area contributed by atoms with Gasteiger partial charge in [-0.1, -0.05) is 32.9 Å². The molecule has 1 fully saturated rings. The van der Waals surface area contributed by atoms with Gasteiger partial charge >= 0.3 is 0 Å².